The molecule has 0 radical (unpaired) electrons. The van der Waals surface area contributed by atoms with Crippen LogP contribution in [0.3, 0.4) is 0 Å². The van der Waals surface area contributed by atoms with Gasteiger partial charge in [0.05, 0.1) is 58.9 Å². The van der Waals surface area contributed by atoms with E-state index in [1.165, 1.54) is 4.90 Å². The van der Waals surface area contributed by atoms with Crippen molar-refractivity contribution in [2.24, 2.45) is 0 Å². The average Bonchev–Trinajstić information content (AvgIpc) is 2.84. The van der Waals surface area contributed by atoms with Gasteiger partial charge < -0.3 is 35.1 Å². The lowest BCUT2D eigenvalue weighted by atomic mass is 10.2. The van der Waals surface area contributed by atoms with E-state index in [0.29, 0.717) is 35.5 Å². The maximum absolute atomic E-state index is 5.99. The number of quaternary nitrogens is 1. The molecule has 33 heavy (non-hydrogen) atoms. The van der Waals surface area contributed by atoms with Gasteiger partial charge in [-0.1, -0.05) is 12.1 Å². The fraction of sp³-hybridized carbons (Fsp3) is 0.348. The Hall–Kier alpha value is -3.79. The third-order valence-electron chi connectivity index (χ3n) is 5.66. The summed E-state index contributed by atoms with van der Waals surface area (Å²) in [5.41, 5.74) is 7.80. The lowest BCUT2D eigenvalue weighted by Crippen LogP contribution is -3.13. The van der Waals surface area contributed by atoms with Crippen LogP contribution >= 0.6 is 0 Å². The predicted molar refractivity (Wildman–Crippen MR) is 127 cm³/mol. The molecule has 10 nitrogen and oxygen atoms in total. The number of aromatic nitrogens is 3. The highest BCUT2D eigenvalue weighted by atomic mass is 16.5. The fourth-order valence-electron chi connectivity index (χ4n) is 3.96. The first-order chi connectivity index (χ1) is 16.1. The normalized spacial score (nSPS) is 14.1. The van der Waals surface area contributed by atoms with E-state index in [1.54, 1.807) is 21.3 Å². The molecule has 1 aromatic heterocycles. The van der Waals surface area contributed by atoms with Crippen LogP contribution in [0.25, 0.3) is 0 Å². The van der Waals surface area contributed by atoms with Gasteiger partial charge in [0.2, 0.25) is 11.9 Å². The molecule has 0 spiro atoms. The summed E-state index contributed by atoms with van der Waals surface area (Å²) in [5, 5.41) is 3.18. The Labute approximate surface area is 193 Å². The largest absolute Gasteiger partial charge is 0.497 e. The lowest BCUT2D eigenvalue weighted by molar-refractivity contribution is -0.915. The number of hydrogen-bond donors (Lipinski definition) is 3. The molecule has 1 aliphatic heterocycles. The molecule has 2 aromatic carbocycles. The van der Waals surface area contributed by atoms with Crippen LogP contribution in [0.4, 0.5) is 23.3 Å². The zero-order chi connectivity index (χ0) is 23.2. The fourth-order valence-corrected chi connectivity index (χ4v) is 3.96. The molecule has 1 fully saturated rings. The molecule has 0 saturated carbocycles. The molecule has 1 saturated heterocycles. The zero-order valence-electron chi connectivity index (χ0n) is 19.2. The van der Waals surface area contributed by atoms with Gasteiger partial charge >= 0.3 is 0 Å². The van der Waals surface area contributed by atoms with Gasteiger partial charge in [0, 0.05) is 6.07 Å². The van der Waals surface area contributed by atoms with Gasteiger partial charge in [-0.15, -0.1) is 0 Å². The molecule has 4 N–H and O–H groups in total. The van der Waals surface area contributed by atoms with Crippen molar-refractivity contribution in [1.82, 2.24) is 15.0 Å². The number of ether oxygens (including phenoxy) is 3. The minimum Gasteiger partial charge on any atom is -0.497 e. The summed E-state index contributed by atoms with van der Waals surface area (Å²) in [7, 11) is 4.92. The third-order valence-corrected chi connectivity index (χ3v) is 5.66. The van der Waals surface area contributed by atoms with Crippen LogP contribution in [0.1, 0.15) is 5.82 Å². The van der Waals surface area contributed by atoms with Gasteiger partial charge in [-0.25, -0.2) is 0 Å². The summed E-state index contributed by atoms with van der Waals surface area (Å²) in [5.74, 6) is 3.43. The van der Waals surface area contributed by atoms with Gasteiger partial charge in [-0.2, -0.15) is 15.0 Å². The Morgan fingerprint density at radius 3 is 2.42 bits per heavy atom. The second-order valence-electron chi connectivity index (χ2n) is 7.71. The van der Waals surface area contributed by atoms with Gasteiger partial charge in [0.15, 0.2) is 5.82 Å². The van der Waals surface area contributed by atoms with Crippen molar-refractivity contribution in [3.63, 3.8) is 0 Å². The van der Waals surface area contributed by atoms with Crippen LogP contribution in [-0.2, 0) is 6.54 Å². The standard InChI is InChI=1S/C23H29N7O3/c1-31-16-8-9-19(32-2)17(14-16)25-23-27-21(26-22(24)28-23)15-29-10-12-30(13-11-29)18-6-4-5-7-20(18)33-3/h4-9,14H,10-13,15H2,1-3H3,(H3,24,25,26,27,28)/p+1. The van der Waals surface area contributed by atoms with E-state index in [-0.39, 0.29) is 5.95 Å². The molecule has 0 bridgehead atoms. The summed E-state index contributed by atoms with van der Waals surface area (Å²) < 4.78 is 16.2. The number of nitrogens with zero attached hydrogens (tertiary/aromatic N) is 4. The van der Waals surface area contributed by atoms with Gasteiger partial charge in [0.25, 0.3) is 0 Å². The van der Waals surface area contributed by atoms with Crippen molar-refractivity contribution in [3.8, 4) is 17.2 Å². The van der Waals surface area contributed by atoms with E-state index in [1.807, 2.05) is 36.4 Å². The number of nitrogens with two attached hydrogens (primary N) is 1. The number of para-hydroxylation sites is 2. The third kappa shape index (κ3) is 5.35. The Bertz CT molecular complexity index is 1090. The highest BCUT2D eigenvalue weighted by molar-refractivity contribution is 5.65. The minimum absolute atomic E-state index is 0.177. The average molecular weight is 453 g/mol. The van der Waals surface area contributed by atoms with E-state index < -0.39 is 0 Å². The summed E-state index contributed by atoms with van der Waals surface area (Å²) in [4.78, 5) is 16.9. The molecule has 10 heteroatoms. The molecule has 3 aromatic rings. The Morgan fingerprint density at radius 1 is 0.939 bits per heavy atom. The van der Waals surface area contributed by atoms with Gasteiger partial charge in [-0.05, 0) is 24.3 Å². The number of rotatable bonds is 8. The first kappa shape index (κ1) is 22.4. The maximum atomic E-state index is 5.99. The number of methoxy groups -OCH3 is 3. The zero-order valence-corrected chi connectivity index (χ0v) is 19.2. The molecule has 0 atom stereocenters. The molecule has 0 amide bonds. The van der Waals surface area contributed by atoms with Crippen molar-refractivity contribution in [3.05, 3.63) is 48.3 Å². The number of nitrogens with one attached hydrogen (secondary N) is 2. The Morgan fingerprint density at radius 2 is 1.70 bits per heavy atom. The van der Waals surface area contributed by atoms with Crippen molar-refractivity contribution < 1.29 is 19.1 Å². The second kappa shape index (κ2) is 10.2. The predicted octanol–water partition coefficient (Wildman–Crippen LogP) is 1.13. The van der Waals surface area contributed by atoms with Crippen molar-refractivity contribution >= 4 is 23.3 Å². The summed E-state index contributed by atoms with van der Waals surface area (Å²) >= 11 is 0. The first-order valence-corrected chi connectivity index (χ1v) is 10.8. The van der Waals surface area contributed by atoms with Crippen LogP contribution in [0.15, 0.2) is 42.5 Å². The molecular formula is C23H30N7O3+. The SMILES string of the molecule is COc1ccc(OC)c(Nc2nc(N)nc(C[NH+]3CCN(c4ccccc4OC)CC3)n2)c1. The van der Waals surface area contributed by atoms with E-state index in [2.05, 4.69) is 31.2 Å². The maximum Gasteiger partial charge on any atom is 0.232 e. The Kier molecular flexibility index (Phi) is 6.94. The minimum atomic E-state index is 0.177. The monoisotopic (exact) mass is 452 g/mol. The molecule has 2 heterocycles. The number of benzene rings is 2. The molecule has 1 aliphatic rings. The number of piperazine rings is 1. The van der Waals surface area contributed by atoms with Crippen LogP contribution in [0.5, 0.6) is 17.2 Å². The van der Waals surface area contributed by atoms with Crippen molar-refractivity contribution in [2.75, 3.05) is 63.5 Å². The molecular weight excluding hydrogens is 422 g/mol. The molecule has 0 aliphatic carbocycles. The van der Waals surface area contributed by atoms with Crippen molar-refractivity contribution in [1.29, 1.82) is 0 Å². The van der Waals surface area contributed by atoms with Crippen LogP contribution in [-0.4, -0.2) is 62.5 Å². The molecule has 4 rings (SSSR count). The summed E-state index contributed by atoms with van der Waals surface area (Å²) in [6.07, 6.45) is 0. The highest BCUT2D eigenvalue weighted by Crippen LogP contribution is 2.31. The van der Waals surface area contributed by atoms with Crippen molar-refractivity contribution in [2.45, 2.75) is 6.54 Å². The quantitative estimate of drug-likeness (QED) is 0.463. The second-order valence-corrected chi connectivity index (χ2v) is 7.71. The first-order valence-electron chi connectivity index (χ1n) is 10.8. The highest BCUT2D eigenvalue weighted by Gasteiger charge is 2.23. The molecule has 174 valence electrons. The van der Waals surface area contributed by atoms with E-state index in [0.717, 1.165) is 37.6 Å². The van der Waals surface area contributed by atoms with Crippen LogP contribution in [0, 0.1) is 0 Å². The summed E-state index contributed by atoms with van der Waals surface area (Å²) in [6, 6.07) is 13.6. The topological polar surface area (TPSA) is 112 Å². The van der Waals surface area contributed by atoms with E-state index >= 15 is 0 Å². The van der Waals surface area contributed by atoms with Crippen LogP contribution < -0.4 is 35.1 Å². The van der Waals surface area contributed by atoms with Gasteiger partial charge in [-0.3, -0.25) is 0 Å². The number of anilines is 4. The number of hydrogen-bond acceptors (Lipinski definition) is 9. The van der Waals surface area contributed by atoms with E-state index in [9.17, 15) is 0 Å². The van der Waals surface area contributed by atoms with Gasteiger partial charge in [0.1, 0.15) is 23.8 Å². The number of nitrogen functional groups attached to an aromatic ring is 1. The van der Waals surface area contributed by atoms with Crippen LogP contribution in [0.2, 0.25) is 0 Å². The smallest absolute Gasteiger partial charge is 0.232 e. The molecule has 0 unspecified atom stereocenters. The Balaban J connectivity index is 1.43. The summed E-state index contributed by atoms with van der Waals surface area (Å²) in [6.45, 7) is 4.41. The lowest BCUT2D eigenvalue weighted by Gasteiger charge is -2.34. The van der Waals surface area contributed by atoms with E-state index in [4.69, 9.17) is 19.9 Å².